The molecule has 0 saturated heterocycles. The van der Waals surface area contributed by atoms with Gasteiger partial charge in [-0.15, -0.1) is 0 Å². The molecule has 0 radical (unpaired) electrons. The van der Waals surface area contributed by atoms with Gasteiger partial charge >= 0.3 is 5.97 Å². The van der Waals surface area contributed by atoms with Gasteiger partial charge in [-0.2, -0.15) is 0 Å². The molecular weight excluding hydrogens is 392 g/mol. The Balaban J connectivity index is 1.67. The monoisotopic (exact) mass is 410 g/mol. The normalized spacial score (nSPS) is 10.4. The summed E-state index contributed by atoms with van der Waals surface area (Å²) in [6, 6.07) is 23.2. The fourth-order valence-electron chi connectivity index (χ4n) is 2.52. The summed E-state index contributed by atoms with van der Waals surface area (Å²) in [5.74, 6) is 0.354. The van der Waals surface area contributed by atoms with Crippen molar-refractivity contribution >= 4 is 21.9 Å². The van der Waals surface area contributed by atoms with Gasteiger partial charge in [0, 0.05) is 0 Å². The van der Waals surface area contributed by atoms with Crippen LogP contribution in [-0.2, 0) is 18.0 Å². The van der Waals surface area contributed by atoms with E-state index in [4.69, 9.17) is 9.47 Å². The molecule has 26 heavy (non-hydrogen) atoms. The van der Waals surface area contributed by atoms with Gasteiger partial charge in [-0.25, -0.2) is 4.79 Å². The first-order valence-corrected chi connectivity index (χ1v) is 9.10. The van der Waals surface area contributed by atoms with E-state index in [0.29, 0.717) is 17.9 Å². The second-order valence-corrected chi connectivity index (χ2v) is 6.79. The van der Waals surface area contributed by atoms with Crippen molar-refractivity contribution in [2.45, 2.75) is 20.1 Å². The lowest BCUT2D eigenvalue weighted by Crippen LogP contribution is -2.08. The molecule has 3 nitrogen and oxygen atoms in total. The summed E-state index contributed by atoms with van der Waals surface area (Å²) in [5.41, 5.74) is 3.39. The zero-order valence-electron chi connectivity index (χ0n) is 14.4. The lowest BCUT2D eigenvalue weighted by atomic mass is 10.1. The predicted octanol–water partition coefficient (Wildman–Crippen LogP) is 5.69. The van der Waals surface area contributed by atoms with Crippen LogP contribution in [0.25, 0.3) is 0 Å². The van der Waals surface area contributed by atoms with Crippen molar-refractivity contribution in [1.82, 2.24) is 0 Å². The van der Waals surface area contributed by atoms with Crippen LogP contribution in [0, 0.1) is 6.92 Å². The Morgan fingerprint density at radius 1 is 0.885 bits per heavy atom. The second kappa shape index (κ2) is 8.68. The molecule has 3 rings (SSSR count). The molecule has 0 amide bonds. The van der Waals surface area contributed by atoms with E-state index in [-0.39, 0.29) is 12.6 Å². The van der Waals surface area contributed by atoms with Crippen LogP contribution in [0.2, 0.25) is 0 Å². The molecule has 0 aromatic heterocycles. The van der Waals surface area contributed by atoms with Crippen LogP contribution in [0.1, 0.15) is 27.0 Å². The lowest BCUT2D eigenvalue weighted by molar-refractivity contribution is 0.0471. The zero-order chi connectivity index (χ0) is 18.4. The van der Waals surface area contributed by atoms with Gasteiger partial charge in [0.1, 0.15) is 19.0 Å². The smallest absolute Gasteiger partial charge is 0.338 e. The summed E-state index contributed by atoms with van der Waals surface area (Å²) in [5, 5.41) is 0. The largest absolute Gasteiger partial charge is 0.488 e. The summed E-state index contributed by atoms with van der Waals surface area (Å²) < 4.78 is 12.0. The van der Waals surface area contributed by atoms with Crippen LogP contribution in [0.15, 0.2) is 77.3 Å². The number of ether oxygens (including phenoxy) is 2. The Labute approximate surface area is 161 Å². The van der Waals surface area contributed by atoms with Crippen molar-refractivity contribution in [3.05, 3.63) is 99.5 Å². The highest BCUT2D eigenvalue weighted by Crippen LogP contribution is 2.30. The molecule has 0 aliphatic rings. The van der Waals surface area contributed by atoms with Crippen LogP contribution in [-0.4, -0.2) is 5.97 Å². The average molecular weight is 411 g/mol. The van der Waals surface area contributed by atoms with Gasteiger partial charge in [0.2, 0.25) is 0 Å². The van der Waals surface area contributed by atoms with Gasteiger partial charge in [-0.3, -0.25) is 0 Å². The number of hydrogen-bond acceptors (Lipinski definition) is 3. The van der Waals surface area contributed by atoms with E-state index in [2.05, 4.69) is 15.9 Å². The van der Waals surface area contributed by atoms with Gasteiger partial charge in [0.15, 0.2) is 0 Å². The Morgan fingerprint density at radius 2 is 1.46 bits per heavy atom. The van der Waals surface area contributed by atoms with Gasteiger partial charge in [-0.05, 0) is 51.7 Å². The summed E-state index contributed by atoms with van der Waals surface area (Å²) in [6.07, 6.45) is 0. The quantitative estimate of drug-likeness (QED) is 0.489. The van der Waals surface area contributed by atoms with Crippen LogP contribution in [0.3, 0.4) is 0 Å². The third-order valence-electron chi connectivity index (χ3n) is 3.95. The minimum absolute atomic E-state index is 0.253. The Kier molecular flexibility index (Phi) is 6.08. The van der Waals surface area contributed by atoms with E-state index in [1.807, 2.05) is 73.7 Å². The molecule has 0 aliphatic heterocycles. The van der Waals surface area contributed by atoms with Gasteiger partial charge < -0.3 is 9.47 Å². The van der Waals surface area contributed by atoms with Crippen molar-refractivity contribution in [3.63, 3.8) is 0 Å². The van der Waals surface area contributed by atoms with Gasteiger partial charge in [-0.1, -0.05) is 60.7 Å². The van der Waals surface area contributed by atoms with Crippen LogP contribution >= 0.6 is 15.9 Å². The first kappa shape index (κ1) is 18.2. The van der Waals surface area contributed by atoms with Crippen LogP contribution in [0.4, 0.5) is 0 Å². The molecular formula is C22H19BrO3. The number of hydrogen-bond donors (Lipinski definition) is 0. The highest BCUT2D eigenvalue weighted by atomic mass is 79.9. The highest BCUT2D eigenvalue weighted by Gasteiger charge is 2.15. The van der Waals surface area contributed by atoms with E-state index in [1.165, 1.54) is 0 Å². The molecule has 3 aromatic rings. The summed E-state index contributed by atoms with van der Waals surface area (Å²) >= 11 is 3.49. The fraction of sp³-hybridized carbons (Fsp3) is 0.136. The van der Waals surface area contributed by atoms with E-state index in [0.717, 1.165) is 21.2 Å². The Bertz CT molecular complexity index is 877. The summed E-state index contributed by atoms with van der Waals surface area (Å²) in [6.45, 7) is 2.60. The number of esters is 1. The van der Waals surface area contributed by atoms with Gasteiger partial charge in [0.25, 0.3) is 0 Å². The third-order valence-corrected chi connectivity index (χ3v) is 4.57. The van der Waals surface area contributed by atoms with Crippen LogP contribution in [0.5, 0.6) is 5.75 Å². The molecule has 4 heteroatoms. The molecule has 0 N–H and O–H groups in total. The standard InChI is InChI=1S/C22H19BrO3/c1-16-12-21(25-14-17-8-4-2-5-9-17)20(23)13-19(16)22(24)26-15-18-10-6-3-7-11-18/h2-13H,14-15H2,1H3. The van der Waals surface area contributed by atoms with Gasteiger partial charge in [0.05, 0.1) is 10.0 Å². The molecule has 0 spiro atoms. The molecule has 132 valence electrons. The van der Waals surface area contributed by atoms with Crippen LogP contribution < -0.4 is 4.74 Å². The number of rotatable bonds is 6. The number of carbonyl (C=O) groups excluding carboxylic acids is 1. The first-order valence-electron chi connectivity index (χ1n) is 8.31. The number of carbonyl (C=O) groups is 1. The molecule has 0 atom stereocenters. The van der Waals surface area contributed by atoms with E-state index < -0.39 is 0 Å². The summed E-state index contributed by atoms with van der Waals surface area (Å²) in [4.78, 5) is 12.4. The van der Waals surface area contributed by atoms with Crippen molar-refractivity contribution in [2.75, 3.05) is 0 Å². The maximum absolute atomic E-state index is 12.4. The molecule has 0 saturated carbocycles. The Morgan fingerprint density at radius 3 is 2.08 bits per heavy atom. The molecule has 0 aliphatic carbocycles. The predicted molar refractivity (Wildman–Crippen MR) is 105 cm³/mol. The van der Waals surface area contributed by atoms with E-state index >= 15 is 0 Å². The second-order valence-electron chi connectivity index (χ2n) is 5.93. The topological polar surface area (TPSA) is 35.5 Å². The lowest BCUT2D eigenvalue weighted by Gasteiger charge is -2.12. The number of benzene rings is 3. The maximum atomic E-state index is 12.4. The SMILES string of the molecule is Cc1cc(OCc2ccccc2)c(Br)cc1C(=O)OCc1ccccc1. The van der Waals surface area contributed by atoms with E-state index in [9.17, 15) is 4.79 Å². The fourth-order valence-corrected chi connectivity index (χ4v) is 2.98. The van der Waals surface area contributed by atoms with Crippen molar-refractivity contribution in [2.24, 2.45) is 0 Å². The average Bonchev–Trinajstić information content (AvgIpc) is 2.68. The van der Waals surface area contributed by atoms with Crippen molar-refractivity contribution < 1.29 is 14.3 Å². The molecule has 0 heterocycles. The third kappa shape index (κ3) is 4.73. The molecule has 0 fully saturated rings. The minimum Gasteiger partial charge on any atom is -0.488 e. The number of halogens is 1. The number of aryl methyl sites for hydroxylation is 1. The summed E-state index contributed by atoms with van der Waals surface area (Å²) in [7, 11) is 0. The zero-order valence-corrected chi connectivity index (χ0v) is 16.0. The minimum atomic E-state index is -0.346. The van der Waals surface area contributed by atoms with Crippen molar-refractivity contribution in [1.29, 1.82) is 0 Å². The first-order chi connectivity index (χ1) is 12.6. The Hall–Kier alpha value is -2.59. The van der Waals surface area contributed by atoms with Crippen molar-refractivity contribution in [3.8, 4) is 5.75 Å². The molecule has 3 aromatic carbocycles. The molecule has 0 unspecified atom stereocenters. The molecule has 0 bridgehead atoms. The highest BCUT2D eigenvalue weighted by molar-refractivity contribution is 9.10. The van der Waals surface area contributed by atoms with E-state index in [1.54, 1.807) is 6.07 Å². The maximum Gasteiger partial charge on any atom is 0.338 e.